The molecule has 2 amide bonds. The summed E-state index contributed by atoms with van der Waals surface area (Å²) in [5.41, 5.74) is 7.13. The molecule has 4 nitrogen and oxygen atoms in total. The fourth-order valence-electron chi connectivity index (χ4n) is 4.23. The number of carbonyl (C=O) groups excluding carboxylic acids is 2. The van der Waals surface area contributed by atoms with Crippen LogP contribution < -0.4 is 9.80 Å². The van der Waals surface area contributed by atoms with Crippen LogP contribution in [0.3, 0.4) is 0 Å². The minimum absolute atomic E-state index is 0.0274. The van der Waals surface area contributed by atoms with E-state index in [1.54, 1.807) is 16.8 Å². The molecule has 3 aromatic carbocycles. The van der Waals surface area contributed by atoms with Gasteiger partial charge in [0.1, 0.15) is 0 Å². The maximum atomic E-state index is 13.3. The Hall–Kier alpha value is -3.66. The van der Waals surface area contributed by atoms with E-state index < -0.39 is 0 Å². The Morgan fingerprint density at radius 1 is 0.750 bits per heavy atom. The molecule has 3 aromatic rings. The maximum Gasteiger partial charge on any atom is 0.259 e. The van der Waals surface area contributed by atoms with E-state index in [-0.39, 0.29) is 5.91 Å². The predicted octanol–water partition coefficient (Wildman–Crippen LogP) is 4.10. The van der Waals surface area contributed by atoms with Gasteiger partial charge in [-0.1, -0.05) is 60.7 Å². The molecule has 2 heterocycles. The SMILES string of the molecule is CN1C(=O)/C(=C2/c3ccccc3CN(C=O)c3ccccc32)c2ccccc21. The number of rotatable bonds is 1. The van der Waals surface area contributed by atoms with E-state index in [1.807, 2.05) is 72.8 Å². The standard InChI is InChI=1S/C24H18N2O2/c1-25-20-12-6-4-10-18(20)23(24(25)28)22-17-9-3-2-8-16(17)14-26(15-27)21-13-7-5-11-19(21)22/h2-13,15H,14H2,1H3/b23-22-. The molecular formula is C24H18N2O2. The van der Waals surface area contributed by atoms with Gasteiger partial charge in [-0.15, -0.1) is 0 Å². The fourth-order valence-corrected chi connectivity index (χ4v) is 4.23. The van der Waals surface area contributed by atoms with Crippen molar-refractivity contribution in [3.8, 4) is 0 Å². The summed E-state index contributed by atoms with van der Waals surface area (Å²) >= 11 is 0. The molecule has 4 heteroatoms. The molecule has 0 N–H and O–H groups in total. The lowest BCUT2D eigenvalue weighted by atomic mass is 9.88. The Balaban J connectivity index is 1.94. The van der Waals surface area contributed by atoms with Crippen LogP contribution in [0.1, 0.15) is 22.3 Å². The second-order valence-corrected chi connectivity index (χ2v) is 7.04. The highest BCUT2D eigenvalue weighted by molar-refractivity contribution is 6.39. The second kappa shape index (κ2) is 6.20. The molecule has 0 aliphatic carbocycles. The summed E-state index contributed by atoms with van der Waals surface area (Å²) in [6, 6.07) is 23.7. The summed E-state index contributed by atoms with van der Waals surface area (Å²) in [5, 5.41) is 0. The average Bonchev–Trinajstić information content (AvgIpc) is 2.91. The molecule has 136 valence electrons. The first kappa shape index (κ1) is 16.5. The van der Waals surface area contributed by atoms with Gasteiger partial charge in [0.2, 0.25) is 6.41 Å². The van der Waals surface area contributed by atoms with Crippen LogP contribution in [0, 0.1) is 0 Å². The Bertz CT molecular complexity index is 1160. The first-order valence-electron chi connectivity index (χ1n) is 9.22. The third-order valence-electron chi connectivity index (χ3n) is 5.54. The summed E-state index contributed by atoms with van der Waals surface area (Å²) in [6.07, 6.45) is 0.861. The Morgan fingerprint density at radius 2 is 1.32 bits per heavy atom. The second-order valence-electron chi connectivity index (χ2n) is 7.04. The van der Waals surface area contributed by atoms with E-state index in [9.17, 15) is 9.59 Å². The number of anilines is 2. The number of nitrogens with zero attached hydrogens (tertiary/aromatic N) is 2. The van der Waals surface area contributed by atoms with Gasteiger partial charge in [0.15, 0.2) is 0 Å². The molecule has 0 spiro atoms. The van der Waals surface area contributed by atoms with Gasteiger partial charge in [-0.05, 0) is 23.3 Å². The molecule has 0 aromatic heterocycles. The van der Waals surface area contributed by atoms with Gasteiger partial charge >= 0.3 is 0 Å². The van der Waals surface area contributed by atoms with E-state index in [4.69, 9.17) is 0 Å². The molecule has 0 saturated heterocycles. The molecule has 0 radical (unpaired) electrons. The minimum Gasteiger partial charge on any atom is -0.311 e. The normalized spacial score (nSPS) is 17.7. The molecule has 5 rings (SSSR count). The zero-order chi connectivity index (χ0) is 19.3. The Morgan fingerprint density at radius 3 is 2.04 bits per heavy atom. The largest absolute Gasteiger partial charge is 0.311 e. The predicted molar refractivity (Wildman–Crippen MR) is 111 cm³/mol. The molecule has 0 atom stereocenters. The maximum absolute atomic E-state index is 13.3. The lowest BCUT2D eigenvalue weighted by Gasteiger charge is -2.18. The van der Waals surface area contributed by atoms with Gasteiger partial charge in [0, 0.05) is 23.7 Å². The number of likely N-dealkylation sites (N-methyl/N-ethyl adjacent to an activating group) is 1. The van der Waals surface area contributed by atoms with E-state index in [2.05, 4.69) is 0 Å². The van der Waals surface area contributed by atoms with Crippen LogP contribution in [0.5, 0.6) is 0 Å². The van der Waals surface area contributed by atoms with Crippen molar-refractivity contribution in [1.29, 1.82) is 0 Å². The number of hydrogen-bond acceptors (Lipinski definition) is 2. The first-order chi connectivity index (χ1) is 13.7. The molecular weight excluding hydrogens is 348 g/mol. The van der Waals surface area contributed by atoms with Crippen LogP contribution in [0.2, 0.25) is 0 Å². The molecule has 0 fully saturated rings. The molecule has 2 aliphatic rings. The minimum atomic E-state index is -0.0274. The zero-order valence-electron chi connectivity index (χ0n) is 15.4. The zero-order valence-corrected chi connectivity index (χ0v) is 15.4. The number of carbonyl (C=O) groups is 2. The van der Waals surface area contributed by atoms with E-state index in [0.29, 0.717) is 12.1 Å². The van der Waals surface area contributed by atoms with Crippen LogP contribution in [-0.4, -0.2) is 19.4 Å². The molecule has 0 saturated carbocycles. The van der Waals surface area contributed by atoms with E-state index in [0.717, 1.165) is 45.6 Å². The van der Waals surface area contributed by atoms with Crippen molar-refractivity contribution in [2.75, 3.05) is 16.8 Å². The fraction of sp³-hybridized carbons (Fsp3) is 0.0833. The average molecular weight is 366 g/mol. The van der Waals surface area contributed by atoms with Crippen LogP contribution >= 0.6 is 0 Å². The van der Waals surface area contributed by atoms with Crippen molar-refractivity contribution < 1.29 is 9.59 Å². The van der Waals surface area contributed by atoms with Gasteiger partial charge < -0.3 is 9.80 Å². The summed E-state index contributed by atoms with van der Waals surface area (Å²) < 4.78 is 0. The third-order valence-corrected chi connectivity index (χ3v) is 5.54. The highest BCUT2D eigenvalue weighted by Crippen LogP contribution is 2.46. The van der Waals surface area contributed by atoms with Gasteiger partial charge in [-0.25, -0.2) is 0 Å². The van der Waals surface area contributed by atoms with Crippen molar-refractivity contribution >= 4 is 34.8 Å². The molecule has 0 bridgehead atoms. The van der Waals surface area contributed by atoms with Crippen molar-refractivity contribution in [1.82, 2.24) is 0 Å². The van der Waals surface area contributed by atoms with E-state index in [1.165, 1.54) is 0 Å². The lowest BCUT2D eigenvalue weighted by molar-refractivity contribution is -0.112. The van der Waals surface area contributed by atoms with Crippen LogP contribution in [-0.2, 0) is 16.1 Å². The number of amides is 2. The van der Waals surface area contributed by atoms with Crippen molar-refractivity contribution in [2.45, 2.75) is 6.54 Å². The lowest BCUT2D eigenvalue weighted by Crippen LogP contribution is -2.21. The molecule has 2 aliphatic heterocycles. The van der Waals surface area contributed by atoms with Crippen LogP contribution in [0.4, 0.5) is 11.4 Å². The van der Waals surface area contributed by atoms with E-state index >= 15 is 0 Å². The number of hydrogen-bond donors (Lipinski definition) is 0. The quantitative estimate of drug-likeness (QED) is 0.481. The Kier molecular flexibility index (Phi) is 3.66. The van der Waals surface area contributed by atoms with Gasteiger partial charge in [-0.3, -0.25) is 9.59 Å². The molecule has 28 heavy (non-hydrogen) atoms. The monoisotopic (exact) mass is 366 g/mol. The molecule has 0 unspecified atom stereocenters. The summed E-state index contributed by atoms with van der Waals surface area (Å²) in [7, 11) is 1.81. The Labute approximate surface area is 163 Å². The number of para-hydroxylation sites is 2. The van der Waals surface area contributed by atoms with Gasteiger partial charge in [0.05, 0.1) is 23.5 Å². The van der Waals surface area contributed by atoms with Crippen LogP contribution in [0.25, 0.3) is 11.1 Å². The summed E-state index contributed by atoms with van der Waals surface area (Å²) in [5.74, 6) is -0.0274. The number of benzene rings is 3. The topological polar surface area (TPSA) is 40.6 Å². The van der Waals surface area contributed by atoms with Crippen molar-refractivity contribution in [3.05, 3.63) is 95.1 Å². The van der Waals surface area contributed by atoms with Gasteiger partial charge in [-0.2, -0.15) is 0 Å². The summed E-state index contributed by atoms with van der Waals surface area (Å²) in [6.45, 7) is 0.471. The van der Waals surface area contributed by atoms with Gasteiger partial charge in [0.25, 0.3) is 5.91 Å². The number of fused-ring (bicyclic) bond motifs is 3. The first-order valence-corrected chi connectivity index (χ1v) is 9.22. The smallest absolute Gasteiger partial charge is 0.259 e. The van der Waals surface area contributed by atoms with Crippen molar-refractivity contribution in [3.63, 3.8) is 0 Å². The highest BCUT2D eigenvalue weighted by atomic mass is 16.2. The summed E-state index contributed by atoms with van der Waals surface area (Å²) in [4.78, 5) is 28.6. The highest BCUT2D eigenvalue weighted by Gasteiger charge is 2.35. The van der Waals surface area contributed by atoms with Crippen molar-refractivity contribution in [2.24, 2.45) is 0 Å². The third kappa shape index (κ3) is 2.24. The van der Waals surface area contributed by atoms with Crippen LogP contribution in [0.15, 0.2) is 72.8 Å².